The van der Waals surface area contributed by atoms with Gasteiger partial charge in [0.2, 0.25) is 5.91 Å². The molecular weight excluding hydrogens is 454 g/mol. The minimum Gasteiger partial charge on any atom is -0.490 e. The van der Waals surface area contributed by atoms with Gasteiger partial charge in [-0.2, -0.15) is 5.10 Å². The molecule has 3 saturated carbocycles. The van der Waals surface area contributed by atoms with Crippen molar-refractivity contribution in [3.05, 3.63) is 48.9 Å². The van der Waals surface area contributed by atoms with E-state index in [-0.39, 0.29) is 16.9 Å². The van der Waals surface area contributed by atoms with Crippen molar-refractivity contribution < 1.29 is 9.53 Å². The highest BCUT2D eigenvalue weighted by Crippen LogP contribution is 2.69. The quantitative estimate of drug-likeness (QED) is 0.425. The first-order valence-corrected chi connectivity index (χ1v) is 12.2. The minimum absolute atomic E-state index is 0.00350. The van der Waals surface area contributed by atoms with E-state index in [0.717, 1.165) is 36.1 Å². The Morgan fingerprint density at radius 2 is 1.89 bits per heavy atom. The van der Waals surface area contributed by atoms with Crippen LogP contribution in [0.15, 0.2) is 48.9 Å². The number of amides is 1. The van der Waals surface area contributed by atoms with Crippen LogP contribution >= 0.6 is 0 Å². The molecule has 3 aromatic heterocycles. The highest BCUT2D eigenvalue weighted by Gasteiger charge is 2.72. The van der Waals surface area contributed by atoms with Crippen molar-refractivity contribution in [3.8, 4) is 28.3 Å². The molecule has 3 aliphatic carbocycles. The predicted molar refractivity (Wildman–Crippen MR) is 137 cm³/mol. The molecule has 0 aliphatic heterocycles. The van der Waals surface area contributed by atoms with Crippen molar-refractivity contribution in [2.24, 2.45) is 12.5 Å². The molecule has 184 valence electrons. The number of nitrogens with zero attached hydrogens (tertiary/aromatic N) is 6. The number of carbonyl (C=O) groups excluding carboxylic acids is 1. The number of carbonyl (C=O) groups is 1. The third-order valence-corrected chi connectivity index (χ3v) is 7.67. The fraction of sp³-hybridized carbons (Fsp3) is 0.370. The summed E-state index contributed by atoms with van der Waals surface area (Å²) in [7, 11) is 6.06. The highest BCUT2D eigenvalue weighted by atomic mass is 16.5. The molecule has 36 heavy (non-hydrogen) atoms. The minimum atomic E-state index is -0.315. The molecule has 1 amide bonds. The maximum Gasteiger partial charge on any atom is 0.232 e. The molecule has 3 fully saturated rings. The maximum atomic E-state index is 13.3. The van der Waals surface area contributed by atoms with E-state index in [0.29, 0.717) is 34.9 Å². The summed E-state index contributed by atoms with van der Waals surface area (Å²) in [5, 5.41) is 7.77. The second-order valence-electron chi connectivity index (χ2n) is 10.2. The van der Waals surface area contributed by atoms with Gasteiger partial charge in [-0.05, 0) is 40.3 Å². The lowest BCUT2D eigenvalue weighted by molar-refractivity contribution is -0.204. The summed E-state index contributed by atoms with van der Waals surface area (Å²) >= 11 is 0. The number of nitrogens with one attached hydrogen (secondary N) is 1. The van der Waals surface area contributed by atoms with E-state index < -0.39 is 0 Å². The summed E-state index contributed by atoms with van der Waals surface area (Å²) in [6.07, 6.45) is 6.09. The topological polar surface area (TPSA) is 98.1 Å². The Bertz CT molecular complexity index is 1460. The van der Waals surface area contributed by atoms with Gasteiger partial charge in [-0.25, -0.2) is 15.0 Å². The van der Waals surface area contributed by atoms with Crippen LogP contribution in [0.4, 0.5) is 5.82 Å². The van der Waals surface area contributed by atoms with Crippen molar-refractivity contribution in [1.82, 2.24) is 29.6 Å². The zero-order chi connectivity index (χ0) is 25.1. The van der Waals surface area contributed by atoms with Gasteiger partial charge in [0.15, 0.2) is 11.6 Å². The summed E-state index contributed by atoms with van der Waals surface area (Å²) in [4.78, 5) is 29.5. The van der Waals surface area contributed by atoms with Crippen molar-refractivity contribution in [2.75, 3.05) is 26.0 Å². The molecule has 4 aromatic rings. The third-order valence-electron chi connectivity index (χ3n) is 7.67. The van der Waals surface area contributed by atoms with Gasteiger partial charge in [0.05, 0.1) is 17.5 Å². The second kappa shape index (κ2) is 8.09. The Morgan fingerprint density at radius 3 is 2.58 bits per heavy atom. The van der Waals surface area contributed by atoms with Gasteiger partial charge in [-0.15, -0.1) is 0 Å². The van der Waals surface area contributed by atoms with Crippen molar-refractivity contribution in [1.29, 1.82) is 0 Å². The Morgan fingerprint density at radius 1 is 1.14 bits per heavy atom. The monoisotopic (exact) mass is 483 g/mol. The number of aryl methyl sites for hydroxylation is 1. The Kier molecular flexibility index (Phi) is 5.08. The van der Waals surface area contributed by atoms with Gasteiger partial charge in [-0.1, -0.05) is 30.3 Å². The molecule has 0 atom stereocenters. The molecule has 7 rings (SSSR count). The van der Waals surface area contributed by atoms with Gasteiger partial charge in [0.1, 0.15) is 23.2 Å². The van der Waals surface area contributed by atoms with Crippen LogP contribution in [0.2, 0.25) is 0 Å². The normalized spacial score (nSPS) is 22.2. The summed E-state index contributed by atoms with van der Waals surface area (Å²) < 4.78 is 7.63. The van der Waals surface area contributed by atoms with Crippen LogP contribution in [0.25, 0.3) is 33.5 Å². The highest BCUT2D eigenvalue weighted by molar-refractivity contribution is 6.01. The molecule has 0 saturated heterocycles. The van der Waals surface area contributed by atoms with Gasteiger partial charge in [-0.3, -0.25) is 9.48 Å². The van der Waals surface area contributed by atoms with E-state index in [1.165, 1.54) is 6.33 Å². The number of hydrogen-bond acceptors (Lipinski definition) is 7. The van der Waals surface area contributed by atoms with Gasteiger partial charge < -0.3 is 15.0 Å². The SMILES string of the molecule is CCOc1cc2ncnc(-c3cn(C)nc3-c3ccccc3)c2nc1NC(=O)C12CC(N(C)C)(C1)C2. The van der Waals surface area contributed by atoms with Crippen LogP contribution in [0.1, 0.15) is 26.2 Å². The molecule has 0 radical (unpaired) electrons. The molecule has 1 N–H and O–H groups in total. The number of aromatic nitrogens is 5. The standard InChI is InChI=1S/C27H29N7O2/c1-5-36-20-11-19-23(30-24(20)31-25(35)26-13-27(14-26,15-26)33(2)3)22(29-16-28-19)18-12-34(4)32-21(18)17-9-7-6-8-10-17/h6-12,16H,5,13-15H2,1-4H3,(H,30,31,35). The van der Waals surface area contributed by atoms with Gasteiger partial charge in [0.25, 0.3) is 0 Å². The maximum absolute atomic E-state index is 13.3. The Balaban J connectivity index is 1.41. The van der Waals surface area contributed by atoms with E-state index in [4.69, 9.17) is 9.72 Å². The average molecular weight is 484 g/mol. The number of fused-ring (bicyclic) bond motifs is 1. The van der Waals surface area contributed by atoms with Crippen LogP contribution in [0, 0.1) is 5.41 Å². The number of ether oxygens (including phenoxy) is 1. The van der Waals surface area contributed by atoms with Crippen molar-refractivity contribution >= 4 is 22.8 Å². The summed E-state index contributed by atoms with van der Waals surface area (Å²) in [6, 6.07) is 11.8. The van der Waals surface area contributed by atoms with Crippen LogP contribution in [0.5, 0.6) is 5.75 Å². The van der Waals surface area contributed by atoms with Crippen molar-refractivity contribution in [2.45, 2.75) is 31.7 Å². The first-order chi connectivity index (χ1) is 17.3. The Labute approximate surface area is 209 Å². The largest absolute Gasteiger partial charge is 0.490 e. The van der Waals surface area contributed by atoms with Crippen LogP contribution in [-0.2, 0) is 11.8 Å². The van der Waals surface area contributed by atoms with E-state index >= 15 is 0 Å². The average Bonchev–Trinajstić information content (AvgIpc) is 3.19. The molecular formula is C27H29N7O2. The molecule has 3 aliphatic rings. The smallest absolute Gasteiger partial charge is 0.232 e. The second-order valence-corrected chi connectivity index (χ2v) is 10.2. The van der Waals surface area contributed by atoms with Crippen LogP contribution < -0.4 is 10.1 Å². The summed E-state index contributed by atoms with van der Waals surface area (Å²) in [5.41, 5.74) is 4.38. The lowest BCUT2D eigenvalue weighted by Crippen LogP contribution is -2.76. The number of anilines is 1. The summed E-state index contributed by atoms with van der Waals surface area (Å²) in [5.74, 6) is 0.911. The first-order valence-electron chi connectivity index (χ1n) is 12.2. The van der Waals surface area contributed by atoms with E-state index in [1.54, 1.807) is 4.68 Å². The van der Waals surface area contributed by atoms with E-state index in [9.17, 15) is 4.79 Å². The molecule has 3 heterocycles. The summed E-state index contributed by atoms with van der Waals surface area (Å²) in [6.45, 7) is 2.36. The predicted octanol–water partition coefficient (Wildman–Crippen LogP) is 3.91. The number of rotatable bonds is 7. The van der Waals surface area contributed by atoms with Crippen LogP contribution in [0.3, 0.4) is 0 Å². The van der Waals surface area contributed by atoms with Crippen molar-refractivity contribution in [3.63, 3.8) is 0 Å². The van der Waals surface area contributed by atoms with Gasteiger partial charge >= 0.3 is 0 Å². The number of hydrogen-bond donors (Lipinski definition) is 1. The zero-order valence-electron chi connectivity index (χ0n) is 20.9. The molecule has 2 bridgehead atoms. The van der Waals surface area contributed by atoms with E-state index in [1.807, 2.05) is 56.6 Å². The molecule has 1 aromatic carbocycles. The molecule has 0 spiro atoms. The van der Waals surface area contributed by atoms with Gasteiger partial charge in [0, 0.05) is 36.0 Å². The third kappa shape index (κ3) is 3.37. The molecule has 9 heteroatoms. The molecule has 0 unspecified atom stereocenters. The Hall–Kier alpha value is -3.85. The fourth-order valence-corrected chi connectivity index (χ4v) is 5.68. The lowest BCUT2D eigenvalue weighted by atomic mass is 9.38. The lowest BCUT2D eigenvalue weighted by Gasteiger charge is -2.71. The van der Waals surface area contributed by atoms with E-state index in [2.05, 4.69) is 39.4 Å². The fourth-order valence-electron chi connectivity index (χ4n) is 5.68. The first kappa shape index (κ1) is 22.6. The number of pyridine rings is 1. The van der Waals surface area contributed by atoms with Crippen LogP contribution in [-0.4, -0.2) is 61.8 Å². The zero-order valence-corrected chi connectivity index (χ0v) is 20.9. The molecule has 9 nitrogen and oxygen atoms in total. The number of benzene rings is 1.